The molecule has 2 heterocycles. The van der Waals surface area contributed by atoms with Gasteiger partial charge < -0.3 is 5.11 Å². The van der Waals surface area contributed by atoms with Crippen molar-refractivity contribution in [3.63, 3.8) is 0 Å². The number of carboxylic acid groups (broad SMARTS) is 1. The Kier molecular flexibility index (Phi) is 4.06. The molecule has 0 bridgehead atoms. The van der Waals surface area contributed by atoms with Gasteiger partial charge in [0.05, 0.1) is 5.56 Å². The third-order valence-electron chi connectivity index (χ3n) is 4.98. The van der Waals surface area contributed by atoms with Crippen molar-refractivity contribution in [2.75, 3.05) is 0 Å². The van der Waals surface area contributed by atoms with Crippen LogP contribution in [0.1, 0.15) is 42.1 Å². The van der Waals surface area contributed by atoms with Crippen LogP contribution in [0.2, 0.25) is 0 Å². The molecule has 0 saturated heterocycles. The fourth-order valence-corrected chi connectivity index (χ4v) is 3.50. The van der Waals surface area contributed by atoms with Crippen LogP contribution in [-0.2, 0) is 7.05 Å². The molecule has 3 aromatic rings. The highest BCUT2D eigenvalue weighted by Crippen LogP contribution is 2.29. The van der Waals surface area contributed by atoms with Crippen molar-refractivity contribution in [2.24, 2.45) is 7.05 Å². The Morgan fingerprint density at radius 3 is 2.41 bits per heavy atom. The quantitative estimate of drug-likeness (QED) is 0.742. The van der Waals surface area contributed by atoms with E-state index in [2.05, 4.69) is 15.2 Å². The summed E-state index contributed by atoms with van der Waals surface area (Å²) in [6.45, 7) is 0. The summed E-state index contributed by atoms with van der Waals surface area (Å²) in [7, 11) is 1.43. The molecular formula is C18H17N5O4. The summed E-state index contributed by atoms with van der Waals surface area (Å²) in [6, 6.07) is 5.97. The van der Waals surface area contributed by atoms with Crippen LogP contribution in [0.4, 0.5) is 0 Å². The molecule has 0 spiro atoms. The van der Waals surface area contributed by atoms with Crippen molar-refractivity contribution in [1.82, 2.24) is 24.3 Å². The van der Waals surface area contributed by atoms with Crippen LogP contribution in [0.5, 0.6) is 0 Å². The lowest BCUT2D eigenvalue weighted by Gasteiger charge is -2.16. The number of hydrogen-bond acceptors (Lipinski definition) is 6. The highest BCUT2D eigenvalue weighted by atomic mass is 16.4. The first-order valence-electron chi connectivity index (χ1n) is 8.67. The van der Waals surface area contributed by atoms with Crippen LogP contribution in [0, 0.1) is 0 Å². The number of aromatic carboxylic acids is 1. The molecular weight excluding hydrogens is 350 g/mol. The minimum atomic E-state index is -1.03. The van der Waals surface area contributed by atoms with Gasteiger partial charge in [-0.05, 0) is 25.0 Å². The molecule has 1 aliphatic rings. The zero-order valence-electron chi connectivity index (χ0n) is 14.6. The summed E-state index contributed by atoms with van der Waals surface area (Å²) in [6.07, 6.45) is 3.76. The van der Waals surface area contributed by atoms with E-state index in [-0.39, 0.29) is 28.6 Å². The largest absolute Gasteiger partial charge is 0.478 e. The van der Waals surface area contributed by atoms with E-state index >= 15 is 0 Å². The van der Waals surface area contributed by atoms with E-state index in [0.29, 0.717) is 5.56 Å². The molecule has 1 aliphatic carbocycles. The van der Waals surface area contributed by atoms with Gasteiger partial charge in [-0.15, -0.1) is 10.2 Å². The third-order valence-corrected chi connectivity index (χ3v) is 4.98. The van der Waals surface area contributed by atoms with Crippen molar-refractivity contribution < 1.29 is 9.90 Å². The molecule has 9 nitrogen and oxygen atoms in total. The second kappa shape index (κ2) is 6.42. The summed E-state index contributed by atoms with van der Waals surface area (Å²) in [5.74, 6) is -0.832. The van der Waals surface area contributed by atoms with Crippen molar-refractivity contribution in [3.05, 3.63) is 50.7 Å². The van der Waals surface area contributed by atoms with Crippen molar-refractivity contribution >= 4 is 17.1 Å². The Balaban J connectivity index is 1.91. The molecule has 0 unspecified atom stereocenters. The first kappa shape index (κ1) is 17.1. The Morgan fingerprint density at radius 1 is 1.11 bits per heavy atom. The summed E-state index contributed by atoms with van der Waals surface area (Å²) in [4.78, 5) is 40.5. The molecule has 1 N–H and O–H groups in total. The van der Waals surface area contributed by atoms with E-state index in [4.69, 9.17) is 5.11 Å². The number of hydrogen-bond donors (Lipinski definition) is 1. The SMILES string of the molecule is Cn1c(=O)c2nc(-c3ccc(C(=O)O)cc3)nnc2n(C2CCCC2)c1=O. The maximum absolute atomic E-state index is 12.6. The van der Waals surface area contributed by atoms with E-state index in [1.807, 2.05) is 0 Å². The first-order chi connectivity index (χ1) is 13.0. The van der Waals surface area contributed by atoms with Gasteiger partial charge in [-0.3, -0.25) is 13.9 Å². The predicted molar refractivity (Wildman–Crippen MR) is 96.7 cm³/mol. The van der Waals surface area contributed by atoms with E-state index in [0.717, 1.165) is 30.3 Å². The number of aromatic nitrogens is 5. The van der Waals surface area contributed by atoms with E-state index < -0.39 is 17.2 Å². The monoisotopic (exact) mass is 367 g/mol. The second-order valence-corrected chi connectivity index (χ2v) is 6.65. The smallest absolute Gasteiger partial charge is 0.335 e. The van der Waals surface area contributed by atoms with Gasteiger partial charge in [0.1, 0.15) is 0 Å². The molecule has 27 heavy (non-hydrogen) atoms. The van der Waals surface area contributed by atoms with Crippen LogP contribution in [0.25, 0.3) is 22.6 Å². The summed E-state index contributed by atoms with van der Waals surface area (Å²) < 4.78 is 2.58. The van der Waals surface area contributed by atoms with Crippen molar-refractivity contribution in [1.29, 1.82) is 0 Å². The van der Waals surface area contributed by atoms with Gasteiger partial charge in [0.15, 0.2) is 17.0 Å². The lowest BCUT2D eigenvalue weighted by atomic mass is 10.1. The fourth-order valence-electron chi connectivity index (χ4n) is 3.50. The molecule has 4 rings (SSSR count). The van der Waals surface area contributed by atoms with E-state index in [9.17, 15) is 14.4 Å². The molecule has 1 saturated carbocycles. The molecule has 1 aromatic carbocycles. The van der Waals surface area contributed by atoms with Gasteiger partial charge in [0, 0.05) is 18.7 Å². The third kappa shape index (κ3) is 2.80. The zero-order valence-corrected chi connectivity index (χ0v) is 14.6. The number of fused-ring (bicyclic) bond motifs is 1. The number of carbonyl (C=O) groups is 1. The minimum Gasteiger partial charge on any atom is -0.478 e. The highest BCUT2D eigenvalue weighted by Gasteiger charge is 2.24. The van der Waals surface area contributed by atoms with Crippen molar-refractivity contribution in [2.45, 2.75) is 31.7 Å². The van der Waals surface area contributed by atoms with Gasteiger partial charge in [-0.2, -0.15) is 0 Å². The van der Waals surface area contributed by atoms with Crippen LogP contribution < -0.4 is 11.2 Å². The molecule has 1 fully saturated rings. The van der Waals surface area contributed by atoms with Gasteiger partial charge in [-0.25, -0.2) is 14.6 Å². The van der Waals surface area contributed by atoms with Crippen LogP contribution in [0.15, 0.2) is 33.9 Å². The molecule has 0 aliphatic heterocycles. The summed E-state index contributed by atoms with van der Waals surface area (Å²) >= 11 is 0. The van der Waals surface area contributed by atoms with Gasteiger partial charge in [0.2, 0.25) is 0 Å². The average molecular weight is 367 g/mol. The van der Waals surface area contributed by atoms with Gasteiger partial charge in [-0.1, -0.05) is 25.0 Å². The molecule has 0 atom stereocenters. The maximum Gasteiger partial charge on any atom is 0.335 e. The number of benzene rings is 1. The molecule has 9 heteroatoms. The molecule has 138 valence electrons. The summed E-state index contributed by atoms with van der Waals surface area (Å²) in [5, 5.41) is 17.2. The van der Waals surface area contributed by atoms with Crippen LogP contribution >= 0.6 is 0 Å². The first-order valence-corrected chi connectivity index (χ1v) is 8.67. The minimum absolute atomic E-state index is 0.0106. The Hall–Kier alpha value is -3.36. The lowest BCUT2D eigenvalue weighted by Crippen LogP contribution is -2.40. The average Bonchev–Trinajstić information content (AvgIpc) is 3.20. The van der Waals surface area contributed by atoms with Crippen LogP contribution in [-0.4, -0.2) is 35.4 Å². The molecule has 0 amide bonds. The standard InChI is InChI=1S/C18H17N5O4/c1-22-16(24)13-15(23(18(22)27)12-4-2-3-5-12)21-20-14(19-13)10-6-8-11(9-7-10)17(25)26/h6-9,12H,2-5H2,1H3,(H,25,26). The van der Waals surface area contributed by atoms with Crippen molar-refractivity contribution in [3.8, 4) is 11.4 Å². The topological polar surface area (TPSA) is 120 Å². The Bertz CT molecular complexity index is 1160. The van der Waals surface area contributed by atoms with Crippen LogP contribution in [0.3, 0.4) is 0 Å². The Morgan fingerprint density at radius 2 is 1.78 bits per heavy atom. The fraction of sp³-hybridized carbons (Fsp3) is 0.333. The normalized spacial score (nSPS) is 14.7. The van der Waals surface area contributed by atoms with Gasteiger partial charge in [0.25, 0.3) is 5.56 Å². The maximum atomic E-state index is 12.6. The number of rotatable bonds is 3. The Labute approximate surface area is 152 Å². The number of carboxylic acids is 1. The number of nitrogens with zero attached hydrogens (tertiary/aromatic N) is 5. The van der Waals surface area contributed by atoms with E-state index in [1.165, 1.54) is 23.7 Å². The molecule has 2 aromatic heterocycles. The van der Waals surface area contributed by atoms with Gasteiger partial charge >= 0.3 is 11.7 Å². The predicted octanol–water partition coefficient (Wildman–Crippen LogP) is 1.37. The lowest BCUT2D eigenvalue weighted by molar-refractivity contribution is 0.0697. The second-order valence-electron chi connectivity index (χ2n) is 6.65. The molecule has 0 radical (unpaired) electrons. The summed E-state index contributed by atoms with van der Waals surface area (Å²) in [5.41, 5.74) is 0.0161. The van der Waals surface area contributed by atoms with E-state index in [1.54, 1.807) is 12.1 Å². The highest BCUT2D eigenvalue weighted by molar-refractivity contribution is 5.88. The zero-order chi connectivity index (χ0) is 19.1.